The Morgan fingerprint density at radius 1 is 1.44 bits per heavy atom. The maximum Gasteiger partial charge on any atom is 0.252 e. The van der Waals surface area contributed by atoms with Gasteiger partial charge in [-0.15, -0.1) is 0 Å². The van der Waals surface area contributed by atoms with Gasteiger partial charge in [0, 0.05) is 6.54 Å². The van der Waals surface area contributed by atoms with Gasteiger partial charge in [0.05, 0.1) is 15.6 Å². The van der Waals surface area contributed by atoms with E-state index in [2.05, 4.69) is 10.6 Å². The van der Waals surface area contributed by atoms with E-state index in [1.54, 1.807) is 18.2 Å². The number of benzene rings is 1. The summed E-state index contributed by atoms with van der Waals surface area (Å²) in [7, 11) is 0. The summed E-state index contributed by atoms with van der Waals surface area (Å²) < 4.78 is 0. The van der Waals surface area contributed by atoms with Crippen molar-refractivity contribution in [2.24, 2.45) is 5.92 Å². The number of hydrogen-bond donors (Lipinski definition) is 2. The van der Waals surface area contributed by atoms with E-state index < -0.39 is 0 Å². The lowest BCUT2D eigenvalue weighted by molar-refractivity contribution is 0.0952. The van der Waals surface area contributed by atoms with Gasteiger partial charge >= 0.3 is 0 Å². The van der Waals surface area contributed by atoms with Crippen molar-refractivity contribution in [3.05, 3.63) is 33.8 Å². The van der Waals surface area contributed by atoms with Crippen LogP contribution in [0.15, 0.2) is 18.2 Å². The third-order valence-electron chi connectivity index (χ3n) is 3.20. The Balaban J connectivity index is 1.85. The fourth-order valence-corrected chi connectivity index (χ4v) is 2.51. The normalized spacial score (nSPS) is 18.9. The molecule has 1 fully saturated rings. The Kier molecular flexibility index (Phi) is 4.87. The third kappa shape index (κ3) is 3.37. The van der Waals surface area contributed by atoms with Crippen LogP contribution in [0.2, 0.25) is 10.0 Å². The van der Waals surface area contributed by atoms with Crippen LogP contribution in [-0.2, 0) is 0 Å². The zero-order chi connectivity index (χ0) is 13.0. The van der Waals surface area contributed by atoms with E-state index in [1.807, 2.05) is 0 Å². The molecule has 2 N–H and O–H groups in total. The average molecular weight is 287 g/mol. The van der Waals surface area contributed by atoms with E-state index in [0.717, 1.165) is 19.5 Å². The standard InChI is InChI=1S/C13H16Cl2N2O/c14-11-3-1-2-10(12(11)15)13(18)17-7-5-9-4-6-16-8-9/h1-3,9,16H,4-8H2,(H,17,18). The first-order valence-electron chi connectivity index (χ1n) is 6.11. The third-order valence-corrected chi connectivity index (χ3v) is 4.02. The van der Waals surface area contributed by atoms with Crippen LogP contribution >= 0.6 is 23.2 Å². The predicted molar refractivity (Wildman–Crippen MR) is 74.4 cm³/mol. The summed E-state index contributed by atoms with van der Waals surface area (Å²) in [5, 5.41) is 6.92. The topological polar surface area (TPSA) is 41.1 Å². The fraction of sp³-hybridized carbons (Fsp3) is 0.462. The first-order chi connectivity index (χ1) is 8.68. The van der Waals surface area contributed by atoms with Crippen molar-refractivity contribution in [1.82, 2.24) is 10.6 Å². The molecule has 1 aromatic carbocycles. The second kappa shape index (κ2) is 6.41. The maximum atomic E-state index is 11.9. The smallest absolute Gasteiger partial charge is 0.252 e. The van der Waals surface area contributed by atoms with Crippen LogP contribution in [0.3, 0.4) is 0 Å². The molecule has 0 radical (unpaired) electrons. The molecule has 0 bridgehead atoms. The summed E-state index contributed by atoms with van der Waals surface area (Å²) >= 11 is 11.9. The van der Waals surface area contributed by atoms with Crippen LogP contribution in [-0.4, -0.2) is 25.5 Å². The Morgan fingerprint density at radius 2 is 2.28 bits per heavy atom. The molecular weight excluding hydrogens is 271 g/mol. The minimum absolute atomic E-state index is 0.159. The summed E-state index contributed by atoms with van der Waals surface area (Å²) in [5.41, 5.74) is 0.439. The number of rotatable bonds is 4. The van der Waals surface area contributed by atoms with E-state index in [4.69, 9.17) is 23.2 Å². The summed E-state index contributed by atoms with van der Waals surface area (Å²) in [5.74, 6) is 0.508. The molecule has 0 saturated carbocycles. The molecule has 0 aromatic heterocycles. The van der Waals surface area contributed by atoms with Crippen LogP contribution in [0.1, 0.15) is 23.2 Å². The highest BCUT2D eigenvalue weighted by atomic mass is 35.5. The largest absolute Gasteiger partial charge is 0.352 e. The molecule has 3 nitrogen and oxygen atoms in total. The Hall–Kier alpha value is -0.770. The van der Waals surface area contributed by atoms with Crippen molar-refractivity contribution in [3.63, 3.8) is 0 Å². The molecule has 0 spiro atoms. The summed E-state index contributed by atoms with van der Waals surface area (Å²) in [6.45, 7) is 2.81. The minimum atomic E-state index is -0.159. The molecule has 1 aromatic rings. The lowest BCUT2D eigenvalue weighted by Crippen LogP contribution is -2.26. The van der Waals surface area contributed by atoms with Crippen molar-refractivity contribution in [2.45, 2.75) is 12.8 Å². The van der Waals surface area contributed by atoms with E-state index in [-0.39, 0.29) is 5.91 Å². The molecule has 1 atom stereocenters. The number of nitrogens with one attached hydrogen (secondary N) is 2. The number of carbonyl (C=O) groups excluding carboxylic acids is 1. The summed E-state index contributed by atoms with van der Waals surface area (Å²) in [6.07, 6.45) is 2.19. The average Bonchev–Trinajstić information content (AvgIpc) is 2.85. The monoisotopic (exact) mass is 286 g/mol. The van der Waals surface area contributed by atoms with E-state index in [0.29, 0.717) is 28.1 Å². The summed E-state index contributed by atoms with van der Waals surface area (Å²) in [6, 6.07) is 5.08. The number of carbonyl (C=O) groups is 1. The minimum Gasteiger partial charge on any atom is -0.352 e. The maximum absolute atomic E-state index is 11.9. The molecule has 1 aliphatic heterocycles. The number of halogens is 2. The highest BCUT2D eigenvalue weighted by Crippen LogP contribution is 2.25. The second-order valence-corrected chi connectivity index (χ2v) is 5.29. The van der Waals surface area contributed by atoms with Crippen LogP contribution in [0.25, 0.3) is 0 Å². The van der Waals surface area contributed by atoms with E-state index >= 15 is 0 Å². The van der Waals surface area contributed by atoms with Gasteiger partial charge in [-0.2, -0.15) is 0 Å². The zero-order valence-corrected chi connectivity index (χ0v) is 11.5. The Bertz CT molecular complexity index is 431. The molecule has 1 aliphatic rings. The van der Waals surface area contributed by atoms with Gasteiger partial charge in [0.25, 0.3) is 5.91 Å². The van der Waals surface area contributed by atoms with Gasteiger partial charge in [-0.05, 0) is 44.0 Å². The number of amides is 1. The van der Waals surface area contributed by atoms with Crippen molar-refractivity contribution in [3.8, 4) is 0 Å². The lowest BCUT2D eigenvalue weighted by atomic mass is 10.1. The molecule has 1 heterocycles. The quantitative estimate of drug-likeness (QED) is 0.894. The van der Waals surface area contributed by atoms with Gasteiger partial charge in [-0.25, -0.2) is 0 Å². The van der Waals surface area contributed by atoms with Gasteiger partial charge in [-0.3, -0.25) is 4.79 Å². The molecule has 1 saturated heterocycles. The van der Waals surface area contributed by atoms with Crippen molar-refractivity contribution in [1.29, 1.82) is 0 Å². The van der Waals surface area contributed by atoms with Crippen LogP contribution in [0.4, 0.5) is 0 Å². The molecule has 98 valence electrons. The number of hydrogen-bond acceptors (Lipinski definition) is 2. The van der Waals surface area contributed by atoms with Crippen molar-refractivity contribution < 1.29 is 4.79 Å². The predicted octanol–water partition coefficient (Wildman–Crippen LogP) is 2.72. The van der Waals surface area contributed by atoms with Crippen molar-refractivity contribution in [2.75, 3.05) is 19.6 Å². The lowest BCUT2D eigenvalue weighted by Gasteiger charge is -2.10. The van der Waals surface area contributed by atoms with Crippen LogP contribution in [0.5, 0.6) is 0 Å². The molecule has 2 rings (SSSR count). The van der Waals surface area contributed by atoms with Crippen molar-refractivity contribution >= 4 is 29.1 Å². The van der Waals surface area contributed by atoms with Crippen LogP contribution < -0.4 is 10.6 Å². The van der Waals surface area contributed by atoms with Gasteiger partial charge in [0.2, 0.25) is 0 Å². The Labute approximate surface area is 117 Å². The fourth-order valence-electron chi connectivity index (χ4n) is 2.13. The van der Waals surface area contributed by atoms with E-state index in [9.17, 15) is 4.79 Å². The van der Waals surface area contributed by atoms with Gasteiger partial charge in [0.1, 0.15) is 0 Å². The second-order valence-electron chi connectivity index (χ2n) is 4.50. The van der Waals surface area contributed by atoms with Gasteiger partial charge < -0.3 is 10.6 Å². The molecule has 1 amide bonds. The molecular formula is C13H16Cl2N2O. The van der Waals surface area contributed by atoms with Gasteiger partial charge in [0.15, 0.2) is 0 Å². The first kappa shape index (κ1) is 13.7. The molecule has 5 heteroatoms. The van der Waals surface area contributed by atoms with Crippen LogP contribution in [0, 0.1) is 5.92 Å². The zero-order valence-electron chi connectivity index (χ0n) is 10.0. The highest BCUT2D eigenvalue weighted by Gasteiger charge is 2.15. The molecule has 18 heavy (non-hydrogen) atoms. The molecule has 0 aliphatic carbocycles. The Morgan fingerprint density at radius 3 is 3.00 bits per heavy atom. The summed E-state index contributed by atoms with van der Waals surface area (Å²) in [4.78, 5) is 11.9. The van der Waals surface area contributed by atoms with E-state index in [1.165, 1.54) is 6.42 Å². The molecule has 1 unspecified atom stereocenters. The first-order valence-corrected chi connectivity index (χ1v) is 6.87. The van der Waals surface area contributed by atoms with Gasteiger partial charge in [-0.1, -0.05) is 29.3 Å². The highest BCUT2D eigenvalue weighted by molar-refractivity contribution is 6.43. The SMILES string of the molecule is O=C(NCCC1CCNC1)c1cccc(Cl)c1Cl.